The van der Waals surface area contributed by atoms with Crippen molar-refractivity contribution in [3.8, 4) is 0 Å². The first-order valence-electron chi connectivity index (χ1n) is 2.62. The van der Waals surface area contributed by atoms with E-state index in [0.717, 1.165) is 9.70 Å². The van der Waals surface area contributed by atoms with Gasteiger partial charge in [-0.1, -0.05) is 0 Å². The number of primary amides is 1. The number of rotatable bonds is 1. The molecule has 0 bridgehead atoms. The molecular weight excluding hydrogens is 311 g/mol. The van der Waals surface area contributed by atoms with Gasteiger partial charge in [-0.25, -0.2) is 0 Å². The first-order chi connectivity index (χ1) is 4.20. The molecule has 1 aliphatic heterocycles. The summed E-state index contributed by atoms with van der Waals surface area (Å²) < 4.78 is 2.85. The summed E-state index contributed by atoms with van der Waals surface area (Å²) in [6.45, 7) is 3.74. The Labute approximate surface area is 62.1 Å². The third-order valence-electron chi connectivity index (χ3n) is 1.15. The van der Waals surface area contributed by atoms with Crippen molar-refractivity contribution >= 4 is 25.4 Å². The van der Waals surface area contributed by atoms with Gasteiger partial charge in [-0.15, -0.1) is 0 Å². The molecule has 0 unspecified atom stereocenters. The van der Waals surface area contributed by atoms with Crippen molar-refractivity contribution in [1.29, 1.82) is 0 Å². The summed E-state index contributed by atoms with van der Waals surface area (Å²) in [6, 6.07) is 0. The molecule has 1 rings (SSSR count). The zero-order valence-corrected chi connectivity index (χ0v) is 8.48. The predicted octanol–water partition coefficient (Wildman–Crippen LogP) is 0.807. The molecule has 0 aliphatic carbocycles. The predicted molar refractivity (Wildman–Crippen MR) is 38.4 cm³/mol. The van der Waals surface area contributed by atoms with E-state index >= 15 is 0 Å². The summed E-state index contributed by atoms with van der Waals surface area (Å²) in [5, 5.41) is 0. The van der Waals surface area contributed by atoms with Crippen molar-refractivity contribution in [2.75, 3.05) is 0 Å². The van der Waals surface area contributed by atoms with Gasteiger partial charge in [-0.2, -0.15) is 0 Å². The maximum absolute atomic E-state index is 10.6. The minimum absolute atomic E-state index is 0.0556. The number of carbonyl (C=O) groups is 1. The third kappa shape index (κ3) is 1.62. The van der Waals surface area contributed by atoms with Gasteiger partial charge in [0.05, 0.1) is 0 Å². The third-order valence-corrected chi connectivity index (χ3v) is 8.23. The normalized spacial score (nSPS) is 18.9. The van der Waals surface area contributed by atoms with E-state index in [9.17, 15) is 4.79 Å². The van der Waals surface area contributed by atoms with E-state index in [4.69, 9.17) is 5.73 Å². The zero-order chi connectivity index (χ0) is 6.85. The maximum atomic E-state index is 10.6. The van der Waals surface area contributed by atoms with Crippen molar-refractivity contribution < 1.29 is 4.79 Å². The molecule has 1 heterocycles. The van der Waals surface area contributed by atoms with Crippen LogP contribution in [0.3, 0.4) is 0 Å². The average Bonchev–Trinajstić information content (AvgIpc) is 2.14. The molecule has 0 fully saturated rings. The van der Waals surface area contributed by atoms with Crippen LogP contribution in [0.1, 0.15) is 0 Å². The molecule has 0 saturated heterocycles. The number of amides is 1. The molecule has 1 aliphatic rings. The van der Waals surface area contributed by atoms with Crippen LogP contribution in [-0.4, -0.2) is 25.4 Å². The van der Waals surface area contributed by atoms with E-state index in [1.807, 2.05) is 9.86 Å². The monoisotopic (exact) mass is 319 g/mol. The van der Waals surface area contributed by atoms with E-state index in [-0.39, 0.29) is 3.62 Å². The molecule has 48 valence electrons. The molecule has 0 radical (unpaired) electrons. The molecule has 0 aromatic rings. The van der Waals surface area contributed by atoms with E-state index in [1.54, 1.807) is 0 Å². The fourth-order valence-corrected chi connectivity index (χ4v) is 5.89. The molecule has 0 saturated carbocycles. The molecule has 9 heavy (non-hydrogen) atoms. The van der Waals surface area contributed by atoms with Crippen molar-refractivity contribution in [2.45, 2.75) is 4.13 Å². The van der Waals surface area contributed by atoms with Gasteiger partial charge in [0, 0.05) is 0 Å². The first kappa shape index (κ1) is 6.95. The van der Waals surface area contributed by atoms with Gasteiger partial charge in [0.2, 0.25) is 0 Å². The van der Waals surface area contributed by atoms with Crippen molar-refractivity contribution in [3.05, 3.63) is 22.0 Å². The Morgan fingerprint density at radius 2 is 2.56 bits per heavy atom. The molecule has 0 aromatic carbocycles. The molecule has 2 nitrogen and oxygen atoms in total. The Balaban J connectivity index is 2.60. The topological polar surface area (TPSA) is 43.1 Å². The second-order valence-electron chi connectivity index (χ2n) is 1.94. The van der Waals surface area contributed by atoms with Crippen molar-refractivity contribution in [2.24, 2.45) is 5.73 Å². The minimum atomic E-state index is -1.94. The number of nitrogens with two attached hydrogens (primary N) is 1. The van der Waals surface area contributed by atoms with Gasteiger partial charge in [-0.3, -0.25) is 0 Å². The van der Waals surface area contributed by atoms with Crippen molar-refractivity contribution in [3.63, 3.8) is 0 Å². The number of allylic oxidation sites excluding steroid dienone is 2. The van der Waals surface area contributed by atoms with Crippen LogP contribution in [0.5, 0.6) is 0 Å². The van der Waals surface area contributed by atoms with E-state index in [0.29, 0.717) is 0 Å². The summed E-state index contributed by atoms with van der Waals surface area (Å²) >= 11 is -1.94. The van der Waals surface area contributed by atoms with Crippen LogP contribution in [-0.2, 0) is 0 Å². The van der Waals surface area contributed by atoms with Crippen LogP contribution in [0, 0.1) is 0 Å². The fraction of sp³-hybridized carbons (Fsp3) is 0.167. The Bertz CT molecular complexity index is 185. The summed E-state index contributed by atoms with van der Waals surface area (Å²) in [5.74, 6) is 0. The quantitative estimate of drug-likeness (QED) is 0.714. The van der Waals surface area contributed by atoms with Gasteiger partial charge < -0.3 is 0 Å². The summed E-state index contributed by atoms with van der Waals surface area (Å²) in [4.78, 5) is 10.6. The Morgan fingerprint density at radius 1 is 1.89 bits per heavy atom. The molecule has 0 spiro atoms. The van der Waals surface area contributed by atoms with Crippen LogP contribution in [0.4, 0.5) is 4.79 Å². The zero-order valence-electron chi connectivity index (χ0n) is 5.00. The van der Waals surface area contributed by atoms with E-state index < -0.39 is 21.8 Å². The summed E-state index contributed by atoms with van der Waals surface area (Å²) in [5.41, 5.74) is 6.19. The number of hydrogen-bond donors (Lipinski definition) is 1. The van der Waals surface area contributed by atoms with Crippen LogP contribution in [0.15, 0.2) is 22.0 Å². The molecule has 0 aromatic heterocycles. The van der Waals surface area contributed by atoms with E-state index in [1.165, 1.54) is 0 Å². The van der Waals surface area contributed by atoms with Gasteiger partial charge in [0.15, 0.2) is 0 Å². The molecule has 2 N–H and O–H groups in total. The standard InChI is InChI=1S/C5H6.CH2NO.Bi/c1-4-5(2)3;2-1-3;/h1,4H,2-3H2;(H2,2,3);. The molecule has 1 amide bonds. The number of hydrogen-bond acceptors (Lipinski definition) is 1. The van der Waals surface area contributed by atoms with Gasteiger partial charge in [0.25, 0.3) is 0 Å². The number of carbonyl (C=O) groups excluding carboxylic acids is 1. The van der Waals surface area contributed by atoms with Crippen LogP contribution in [0.2, 0.25) is 4.13 Å². The molecule has 0 atom stereocenters. The summed E-state index contributed by atoms with van der Waals surface area (Å²) in [7, 11) is 0. The van der Waals surface area contributed by atoms with Crippen LogP contribution < -0.4 is 5.73 Å². The average molecular weight is 319 g/mol. The molecule has 3 heteroatoms. The van der Waals surface area contributed by atoms with Crippen LogP contribution in [0.25, 0.3) is 0 Å². The van der Waals surface area contributed by atoms with Crippen molar-refractivity contribution in [1.82, 2.24) is 0 Å². The first-order valence-corrected chi connectivity index (χ1v) is 8.82. The Kier molecular flexibility index (Phi) is 2.02. The fourth-order valence-electron chi connectivity index (χ4n) is 0.671. The van der Waals surface area contributed by atoms with Gasteiger partial charge in [0.1, 0.15) is 0 Å². The molecular formula is C6H8BiNO. The van der Waals surface area contributed by atoms with Gasteiger partial charge >= 0.3 is 62.0 Å². The Morgan fingerprint density at radius 3 is 2.78 bits per heavy atom. The van der Waals surface area contributed by atoms with E-state index in [2.05, 4.69) is 6.58 Å². The second kappa shape index (κ2) is 2.61. The Hall–Kier alpha value is -0.167. The van der Waals surface area contributed by atoms with Crippen LogP contribution >= 0.6 is 0 Å². The SMILES string of the molecule is C=C1C=[CH][Bi]([C](N)=O)[CH2]1. The summed E-state index contributed by atoms with van der Waals surface area (Å²) in [6.07, 6.45) is 1.93. The second-order valence-corrected chi connectivity index (χ2v) is 9.69. The van der Waals surface area contributed by atoms with Gasteiger partial charge in [-0.05, 0) is 0 Å².